The van der Waals surface area contributed by atoms with Crippen LogP contribution in [-0.2, 0) is 16.0 Å². The van der Waals surface area contributed by atoms with E-state index in [-0.39, 0.29) is 17.7 Å². The van der Waals surface area contributed by atoms with E-state index >= 15 is 0 Å². The number of pyridine rings is 1. The predicted octanol–water partition coefficient (Wildman–Crippen LogP) is 0.803. The Labute approximate surface area is 105 Å². The second kappa shape index (κ2) is 5.16. The van der Waals surface area contributed by atoms with E-state index in [1.54, 1.807) is 24.2 Å². The minimum absolute atomic E-state index is 0.0510. The van der Waals surface area contributed by atoms with Crippen LogP contribution in [0, 0.1) is 11.8 Å². The number of carboxylic acids is 1. The number of amides is 1. The van der Waals surface area contributed by atoms with Crippen LogP contribution in [0.4, 0.5) is 0 Å². The molecule has 5 nitrogen and oxygen atoms in total. The van der Waals surface area contributed by atoms with Gasteiger partial charge in [-0.15, -0.1) is 0 Å². The van der Waals surface area contributed by atoms with Crippen LogP contribution in [0.25, 0.3) is 0 Å². The molecule has 1 aromatic heterocycles. The summed E-state index contributed by atoms with van der Waals surface area (Å²) in [5, 5.41) is 8.87. The summed E-state index contributed by atoms with van der Waals surface area (Å²) in [6.07, 6.45) is 3.68. The zero-order valence-electron chi connectivity index (χ0n) is 10.2. The van der Waals surface area contributed by atoms with Crippen molar-refractivity contribution in [3.63, 3.8) is 0 Å². The van der Waals surface area contributed by atoms with Crippen LogP contribution in [0.3, 0.4) is 0 Å². The van der Waals surface area contributed by atoms with Crippen LogP contribution in [0.2, 0.25) is 0 Å². The second-order valence-electron chi connectivity index (χ2n) is 4.72. The van der Waals surface area contributed by atoms with Gasteiger partial charge < -0.3 is 10.0 Å². The van der Waals surface area contributed by atoms with Crippen LogP contribution in [0.15, 0.2) is 24.5 Å². The molecule has 1 unspecified atom stereocenters. The molecule has 18 heavy (non-hydrogen) atoms. The monoisotopic (exact) mass is 248 g/mol. The molecule has 96 valence electrons. The first kappa shape index (κ1) is 12.5. The first-order valence-electron chi connectivity index (χ1n) is 5.97. The highest BCUT2D eigenvalue weighted by atomic mass is 16.4. The Balaban J connectivity index is 1.82. The summed E-state index contributed by atoms with van der Waals surface area (Å²) in [5.41, 5.74) is 0.935. The topological polar surface area (TPSA) is 70.5 Å². The number of aromatic nitrogens is 1. The zero-order valence-corrected chi connectivity index (χ0v) is 10.2. The van der Waals surface area contributed by atoms with Gasteiger partial charge in [-0.05, 0) is 17.7 Å². The highest BCUT2D eigenvalue weighted by Crippen LogP contribution is 2.24. The summed E-state index contributed by atoms with van der Waals surface area (Å²) in [6, 6.07) is 3.63. The third-order valence-electron chi connectivity index (χ3n) is 3.46. The van der Waals surface area contributed by atoms with Crippen molar-refractivity contribution >= 4 is 11.9 Å². The van der Waals surface area contributed by atoms with Gasteiger partial charge in [-0.1, -0.05) is 6.92 Å². The van der Waals surface area contributed by atoms with Gasteiger partial charge in [0.15, 0.2) is 0 Å². The molecular formula is C13H16N2O3. The van der Waals surface area contributed by atoms with E-state index in [1.807, 2.05) is 12.1 Å². The van der Waals surface area contributed by atoms with Crippen molar-refractivity contribution < 1.29 is 14.7 Å². The number of nitrogens with zero attached hydrogens (tertiary/aromatic N) is 2. The van der Waals surface area contributed by atoms with E-state index in [4.69, 9.17) is 5.11 Å². The number of carboxylic acid groups (broad SMARTS) is 1. The Morgan fingerprint density at radius 2 is 2.06 bits per heavy atom. The van der Waals surface area contributed by atoms with Crippen LogP contribution in [0.5, 0.6) is 0 Å². The molecule has 2 rings (SSSR count). The smallest absolute Gasteiger partial charge is 0.306 e. The van der Waals surface area contributed by atoms with Gasteiger partial charge in [0.2, 0.25) is 5.91 Å². The normalized spacial score (nSPS) is 17.1. The van der Waals surface area contributed by atoms with E-state index < -0.39 is 5.97 Å². The number of rotatable bonds is 4. The molecule has 1 N–H and O–H groups in total. The molecule has 1 aromatic rings. The molecule has 1 amide bonds. The number of carbonyl (C=O) groups is 2. The fraction of sp³-hybridized carbons (Fsp3) is 0.462. The lowest BCUT2D eigenvalue weighted by molar-refractivity contribution is -0.150. The minimum atomic E-state index is -0.791. The lowest BCUT2D eigenvalue weighted by Crippen LogP contribution is -2.53. The summed E-state index contributed by atoms with van der Waals surface area (Å²) in [5.74, 6) is -1.03. The number of hydrogen-bond donors (Lipinski definition) is 1. The molecule has 1 saturated heterocycles. The van der Waals surface area contributed by atoms with Gasteiger partial charge in [0.05, 0.1) is 12.3 Å². The summed E-state index contributed by atoms with van der Waals surface area (Å²) >= 11 is 0. The van der Waals surface area contributed by atoms with Crippen molar-refractivity contribution in [1.82, 2.24) is 9.88 Å². The SMILES string of the molecule is CC(C(=O)O)C1CN(C(=O)Cc2ccncc2)C1. The van der Waals surface area contributed by atoms with E-state index in [2.05, 4.69) is 4.98 Å². The third-order valence-corrected chi connectivity index (χ3v) is 3.46. The third kappa shape index (κ3) is 2.67. The van der Waals surface area contributed by atoms with Crippen molar-refractivity contribution in [3.05, 3.63) is 30.1 Å². The van der Waals surface area contributed by atoms with E-state index in [9.17, 15) is 9.59 Å². The Kier molecular flexibility index (Phi) is 3.60. The van der Waals surface area contributed by atoms with Gasteiger partial charge in [-0.3, -0.25) is 14.6 Å². The summed E-state index contributed by atoms with van der Waals surface area (Å²) < 4.78 is 0. The highest BCUT2D eigenvalue weighted by Gasteiger charge is 2.36. The molecule has 0 saturated carbocycles. The van der Waals surface area contributed by atoms with Crippen molar-refractivity contribution in [1.29, 1.82) is 0 Å². The standard InChI is InChI=1S/C13H16N2O3/c1-9(13(17)18)11-7-15(8-11)12(16)6-10-2-4-14-5-3-10/h2-5,9,11H,6-8H2,1H3,(H,17,18). The van der Waals surface area contributed by atoms with Gasteiger partial charge in [-0.2, -0.15) is 0 Å². The molecular weight excluding hydrogens is 232 g/mol. The summed E-state index contributed by atoms with van der Waals surface area (Å²) in [7, 11) is 0. The van der Waals surface area contributed by atoms with Gasteiger partial charge in [0.25, 0.3) is 0 Å². The molecule has 1 aliphatic heterocycles. The molecule has 1 atom stereocenters. The Hall–Kier alpha value is -1.91. The molecule has 0 aromatic carbocycles. The Morgan fingerprint density at radius 3 is 2.61 bits per heavy atom. The van der Waals surface area contributed by atoms with Gasteiger partial charge in [0.1, 0.15) is 0 Å². The highest BCUT2D eigenvalue weighted by molar-refractivity contribution is 5.80. The maximum atomic E-state index is 11.9. The van der Waals surface area contributed by atoms with Gasteiger partial charge >= 0.3 is 5.97 Å². The minimum Gasteiger partial charge on any atom is -0.481 e. The molecule has 0 radical (unpaired) electrons. The van der Waals surface area contributed by atoms with E-state index in [0.717, 1.165) is 5.56 Å². The maximum Gasteiger partial charge on any atom is 0.306 e. The molecule has 0 spiro atoms. The largest absolute Gasteiger partial charge is 0.481 e. The van der Waals surface area contributed by atoms with E-state index in [1.165, 1.54) is 0 Å². The predicted molar refractivity (Wildman–Crippen MR) is 64.8 cm³/mol. The quantitative estimate of drug-likeness (QED) is 0.855. The van der Waals surface area contributed by atoms with Gasteiger partial charge in [0, 0.05) is 31.4 Å². The average molecular weight is 248 g/mol. The number of likely N-dealkylation sites (tertiary alicyclic amines) is 1. The van der Waals surface area contributed by atoms with Gasteiger partial charge in [-0.25, -0.2) is 0 Å². The Bertz CT molecular complexity index is 441. The van der Waals surface area contributed by atoms with Crippen molar-refractivity contribution in [2.45, 2.75) is 13.3 Å². The van der Waals surface area contributed by atoms with Crippen LogP contribution in [-0.4, -0.2) is 40.0 Å². The average Bonchev–Trinajstić information content (AvgIpc) is 2.28. The molecule has 1 aliphatic rings. The lowest BCUT2D eigenvalue weighted by Gasteiger charge is -2.41. The summed E-state index contributed by atoms with van der Waals surface area (Å²) in [6.45, 7) is 2.80. The zero-order chi connectivity index (χ0) is 13.1. The fourth-order valence-electron chi connectivity index (χ4n) is 2.02. The first-order chi connectivity index (χ1) is 8.58. The molecule has 0 aliphatic carbocycles. The van der Waals surface area contributed by atoms with Crippen LogP contribution in [0.1, 0.15) is 12.5 Å². The van der Waals surface area contributed by atoms with E-state index in [0.29, 0.717) is 19.5 Å². The van der Waals surface area contributed by atoms with Crippen LogP contribution >= 0.6 is 0 Å². The second-order valence-corrected chi connectivity index (χ2v) is 4.72. The van der Waals surface area contributed by atoms with Crippen molar-refractivity contribution in [2.24, 2.45) is 11.8 Å². The number of carbonyl (C=O) groups excluding carboxylic acids is 1. The summed E-state index contributed by atoms with van der Waals surface area (Å²) in [4.78, 5) is 28.3. The lowest BCUT2D eigenvalue weighted by atomic mass is 9.87. The number of aliphatic carboxylic acids is 1. The molecule has 0 bridgehead atoms. The van der Waals surface area contributed by atoms with Crippen molar-refractivity contribution in [2.75, 3.05) is 13.1 Å². The first-order valence-corrected chi connectivity index (χ1v) is 5.97. The molecule has 5 heteroatoms. The molecule has 1 fully saturated rings. The maximum absolute atomic E-state index is 11.9. The fourth-order valence-corrected chi connectivity index (χ4v) is 2.02. The van der Waals surface area contributed by atoms with Crippen molar-refractivity contribution in [3.8, 4) is 0 Å². The number of hydrogen-bond acceptors (Lipinski definition) is 3. The Morgan fingerprint density at radius 1 is 1.44 bits per heavy atom. The van der Waals surface area contributed by atoms with Crippen LogP contribution < -0.4 is 0 Å². The molecule has 2 heterocycles.